The number of alkyl halides is 3. The van der Waals surface area contributed by atoms with Crippen molar-refractivity contribution in [1.82, 2.24) is 9.97 Å². The minimum atomic E-state index is -4.29. The van der Waals surface area contributed by atoms with Crippen LogP contribution in [0, 0.1) is 0 Å². The number of nitrogens with one attached hydrogen (secondary N) is 1. The predicted octanol–water partition coefficient (Wildman–Crippen LogP) is 3.00. The van der Waals surface area contributed by atoms with Gasteiger partial charge in [0.15, 0.2) is 0 Å². The average molecular weight is 223 g/mol. The van der Waals surface area contributed by atoms with Crippen molar-refractivity contribution in [1.29, 1.82) is 0 Å². The maximum absolute atomic E-state index is 12.2. The van der Waals surface area contributed by atoms with Crippen LogP contribution in [0.5, 0.6) is 0 Å². The number of hydrogen-bond donors (Lipinski definition) is 1. The Balaban J connectivity index is 0.000000980. The number of imidazole rings is 1. The van der Waals surface area contributed by atoms with E-state index in [1.54, 1.807) is 0 Å². The van der Waals surface area contributed by atoms with E-state index < -0.39 is 11.7 Å². The molecule has 0 fully saturated rings. The summed E-state index contributed by atoms with van der Waals surface area (Å²) in [6.45, 7) is 0. The molecule has 0 aliphatic rings. The summed E-state index contributed by atoms with van der Waals surface area (Å²) in [4.78, 5) is 6.44. The number of aromatic amines is 1. The molecule has 2 nitrogen and oxygen atoms in total. The summed E-state index contributed by atoms with van der Waals surface area (Å²) in [6.07, 6.45) is -2.93. The molecule has 0 saturated carbocycles. The molecular weight excluding hydrogens is 217 g/mol. The van der Waals surface area contributed by atoms with Gasteiger partial charge in [0.05, 0.1) is 22.9 Å². The molecule has 0 aliphatic heterocycles. The van der Waals surface area contributed by atoms with Crippen LogP contribution in [0.1, 0.15) is 5.56 Å². The highest BCUT2D eigenvalue weighted by Crippen LogP contribution is 2.30. The SMILES string of the molecule is Cl.FC(F)(F)c1ccc2nc[nH]c2c1. The molecule has 0 bridgehead atoms. The molecule has 1 N–H and O–H groups in total. The first-order chi connectivity index (χ1) is 6.07. The maximum atomic E-state index is 12.2. The molecular formula is C8H6ClF3N2. The number of halogens is 4. The molecule has 0 atom stereocenters. The Kier molecular flexibility index (Phi) is 2.71. The summed E-state index contributed by atoms with van der Waals surface area (Å²) in [5, 5.41) is 0. The van der Waals surface area contributed by atoms with Crippen molar-refractivity contribution >= 4 is 23.4 Å². The molecule has 0 amide bonds. The van der Waals surface area contributed by atoms with Crippen molar-refractivity contribution in [2.24, 2.45) is 0 Å². The highest BCUT2D eigenvalue weighted by molar-refractivity contribution is 5.85. The normalized spacial score (nSPS) is 11.4. The lowest BCUT2D eigenvalue weighted by Crippen LogP contribution is -2.04. The predicted molar refractivity (Wildman–Crippen MR) is 48.3 cm³/mol. The fourth-order valence-corrected chi connectivity index (χ4v) is 1.11. The molecule has 0 radical (unpaired) electrons. The van der Waals surface area contributed by atoms with Crippen molar-refractivity contribution in [2.45, 2.75) is 6.18 Å². The van der Waals surface area contributed by atoms with E-state index in [0.29, 0.717) is 11.0 Å². The summed E-state index contributed by atoms with van der Waals surface area (Å²) < 4.78 is 36.6. The second-order valence-corrected chi connectivity index (χ2v) is 2.63. The third-order valence-corrected chi connectivity index (χ3v) is 1.75. The minimum absolute atomic E-state index is 0. The number of rotatable bonds is 0. The molecule has 1 aromatic carbocycles. The van der Waals surface area contributed by atoms with Gasteiger partial charge in [0.1, 0.15) is 0 Å². The lowest BCUT2D eigenvalue weighted by Gasteiger charge is -2.04. The van der Waals surface area contributed by atoms with Crippen molar-refractivity contribution < 1.29 is 13.2 Å². The summed E-state index contributed by atoms with van der Waals surface area (Å²) in [5.41, 5.74) is 0.270. The minimum Gasteiger partial charge on any atom is -0.345 e. The van der Waals surface area contributed by atoms with Gasteiger partial charge in [-0.2, -0.15) is 13.2 Å². The van der Waals surface area contributed by atoms with Crippen LogP contribution >= 0.6 is 12.4 Å². The Morgan fingerprint density at radius 2 is 1.93 bits per heavy atom. The molecule has 2 aromatic rings. The van der Waals surface area contributed by atoms with Crippen molar-refractivity contribution in [3.8, 4) is 0 Å². The zero-order valence-electron chi connectivity index (χ0n) is 6.80. The Morgan fingerprint density at radius 3 is 2.57 bits per heavy atom. The molecule has 0 spiro atoms. The quantitative estimate of drug-likeness (QED) is 0.729. The highest BCUT2D eigenvalue weighted by atomic mass is 35.5. The standard InChI is InChI=1S/C8H5F3N2.ClH/c9-8(10,11)5-1-2-6-7(3-5)13-4-12-6;/h1-4H,(H,12,13);1H. The van der Waals surface area contributed by atoms with Crippen LogP contribution in [0.2, 0.25) is 0 Å². The van der Waals surface area contributed by atoms with Gasteiger partial charge >= 0.3 is 6.18 Å². The van der Waals surface area contributed by atoms with Gasteiger partial charge in [0.25, 0.3) is 0 Å². The number of fused-ring (bicyclic) bond motifs is 1. The second-order valence-electron chi connectivity index (χ2n) is 2.63. The van der Waals surface area contributed by atoms with Gasteiger partial charge in [0.2, 0.25) is 0 Å². The zero-order valence-corrected chi connectivity index (χ0v) is 7.62. The lowest BCUT2D eigenvalue weighted by atomic mass is 10.2. The largest absolute Gasteiger partial charge is 0.416 e. The summed E-state index contributed by atoms with van der Waals surface area (Å²) >= 11 is 0. The monoisotopic (exact) mass is 222 g/mol. The van der Waals surface area contributed by atoms with Crippen molar-refractivity contribution in [2.75, 3.05) is 0 Å². The number of H-pyrrole nitrogens is 1. The first-order valence-electron chi connectivity index (χ1n) is 3.58. The van der Waals surface area contributed by atoms with E-state index in [1.807, 2.05) is 0 Å². The van der Waals surface area contributed by atoms with Gasteiger partial charge in [-0.05, 0) is 18.2 Å². The van der Waals surface area contributed by atoms with Gasteiger partial charge in [-0.1, -0.05) is 0 Å². The van der Waals surface area contributed by atoms with Crippen molar-refractivity contribution in [3.05, 3.63) is 30.1 Å². The van der Waals surface area contributed by atoms with E-state index in [-0.39, 0.29) is 12.4 Å². The van der Waals surface area contributed by atoms with Crippen LogP contribution in [0.15, 0.2) is 24.5 Å². The van der Waals surface area contributed by atoms with Gasteiger partial charge in [0, 0.05) is 0 Å². The smallest absolute Gasteiger partial charge is 0.345 e. The fourth-order valence-electron chi connectivity index (χ4n) is 1.11. The van der Waals surface area contributed by atoms with Gasteiger partial charge in [-0.3, -0.25) is 0 Å². The average Bonchev–Trinajstić information content (AvgIpc) is 2.47. The molecule has 14 heavy (non-hydrogen) atoms. The molecule has 6 heteroatoms. The highest BCUT2D eigenvalue weighted by Gasteiger charge is 2.30. The Morgan fingerprint density at radius 1 is 1.21 bits per heavy atom. The summed E-state index contributed by atoms with van der Waals surface area (Å²) in [5.74, 6) is 0. The summed E-state index contributed by atoms with van der Waals surface area (Å²) in [6, 6.07) is 3.40. The van der Waals surface area contributed by atoms with Crippen LogP contribution in [0.25, 0.3) is 11.0 Å². The van der Waals surface area contributed by atoms with E-state index in [1.165, 1.54) is 12.4 Å². The van der Waals surface area contributed by atoms with E-state index >= 15 is 0 Å². The van der Waals surface area contributed by atoms with E-state index in [9.17, 15) is 13.2 Å². The number of benzene rings is 1. The lowest BCUT2D eigenvalue weighted by molar-refractivity contribution is -0.137. The number of aromatic nitrogens is 2. The molecule has 0 unspecified atom stereocenters. The van der Waals surface area contributed by atoms with Crippen LogP contribution in [0.3, 0.4) is 0 Å². The maximum Gasteiger partial charge on any atom is 0.416 e. The Hall–Kier alpha value is -1.23. The van der Waals surface area contributed by atoms with Crippen LogP contribution in [-0.4, -0.2) is 9.97 Å². The molecule has 76 valence electrons. The second kappa shape index (κ2) is 3.49. The topological polar surface area (TPSA) is 28.7 Å². The van der Waals surface area contributed by atoms with Crippen LogP contribution in [-0.2, 0) is 6.18 Å². The van der Waals surface area contributed by atoms with Crippen LogP contribution < -0.4 is 0 Å². The summed E-state index contributed by atoms with van der Waals surface area (Å²) in [7, 11) is 0. The van der Waals surface area contributed by atoms with Crippen molar-refractivity contribution in [3.63, 3.8) is 0 Å². The van der Waals surface area contributed by atoms with E-state index in [2.05, 4.69) is 9.97 Å². The molecule has 1 aromatic heterocycles. The molecule has 0 aliphatic carbocycles. The third kappa shape index (κ3) is 1.82. The number of nitrogens with zero attached hydrogens (tertiary/aromatic N) is 1. The Labute approximate surface area is 83.6 Å². The van der Waals surface area contributed by atoms with Gasteiger partial charge in [-0.15, -0.1) is 12.4 Å². The first kappa shape index (κ1) is 10.8. The van der Waals surface area contributed by atoms with Crippen LogP contribution in [0.4, 0.5) is 13.2 Å². The molecule has 2 rings (SSSR count). The van der Waals surface area contributed by atoms with Gasteiger partial charge in [-0.25, -0.2) is 4.98 Å². The first-order valence-corrected chi connectivity index (χ1v) is 3.58. The van der Waals surface area contributed by atoms with E-state index in [0.717, 1.165) is 12.1 Å². The molecule has 0 saturated heterocycles. The van der Waals surface area contributed by atoms with Gasteiger partial charge < -0.3 is 4.98 Å². The third-order valence-electron chi connectivity index (χ3n) is 1.75. The van der Waals surface area contributed by atoms with E-state index in [4.69, 9.17) is 0 Å². The fraction of sp³-hybridized carbons (Fsp3) is 0.125. The Bertz CT molecular complexity index is 435. The zero-order chi connectivity index (χ0) is 9.47. The molecule has 1 heterocycles. The number of hydrogen-bond acceptors (Lipinski definition) is 1.